The summed E-state index contributed by atoms with van der Waals surface area (Å²) < 4.78 is 14.7. The van der Waals surface area contributed by atoms with Gasteiger partial charge in [0.25, 0.3) is 0 Å². The Hall–Kier alpha value is -1.18. The molecular formula is C13H20O7. The first-order chi connectivity index (χ1) is 9.30. The van der Waals surface area contributed by atoms with E-state index in [0.29, 0.717) is 0 Å². The van der Waals surface area contributed by atoms with Gasteiger partial charge >= 0.3 is 11.9 Å². The van der Waals surface area contributed by atoms with Gasteiger partial charge in [-0.15, -0.1) is 0 Å². The predicted molar refractivity (Wildman–Crippen MR) is 65.2 cm³/mol. The van der Waals surface area contributed by atoms with Gasteiger partial charge in [0.05, 0.1) is 25.0 Å². The van der Waals surface area contributed by atoms with Gasteiger partial charge in [-0.05, 0) is 5.92 Å². The summed E-state index contributed by atoms with van der Waals surface area (Å²) in [6, 6.07) is 0. The van der Waals surface area contributed by atoms with E-state index in [1.807, 2.05) is 0 Å². The molecule has 1 saturated carbocycles. The normalized spacial score (nSPS) is 43.5. The smallest absolute Gasteiger partial charge is 0.341 e. The molecule has 2 N–H and O–H groups in total. The SMILES string of the molecule is COC(=O)[C@]1(O)[C@H]2[C@H](OC)OC(=O)[C@H]2[C@@H](C(C)C)[C@H]1O. The molecule has 20 heavy (non-hydrogen) atoms. The highest BCUT2D eigenvalue weighted by atomic mass is 16.7. The van der Waals surface area contributed by atoms with Crippen molar-refractivity contribution in [1.29, 1.82) is 0 Å². The molecule has 0 aromatic carbocycles. The lowest BCUT2D eigenvalue weighted by molar-refractivity contribution is -0.205. The molecule has 6 atom stereocenters. The number of methoxy groups -OCH3 is 2. The Labute approximate surface area is 116 Å². The van der Waals surface area contributed by atoms with Crippen molar-refractivity contribution >= 4 is 11.9 Å². The summed E-state index contributed by atoms with van der Waals surface area (Å²) in [5.74, 6) is -4.05. The van der Waals surface area contributed by atoms with Crippen molar-refractivity contribution in [3.8, 4) is 0 Å². The van der Waals surface area contributed by atoms with E-state index in [1.165, 1.54) is 7.11 Å². The summed E-state index contributed by atoms with van der Waals surface area (Å²) in [5.41, 5.74) is -2.21. The number of esters is 2. The molecule has 0 aromatic rings. The van der Waals surface area contributed by atoms with Gasteiger partial charge in [0.15, 0.2) is 5.60 Å². The van der Waals surface area contributed by atoms with Crippen LogP contribution in [0.25, 0.3) is 0 Å². The maximum absolute atomic E-state index is 12.0. The molecule has 0 spiro atoms. The molecule has 0 radical (unpaired) electrons. The molecule has 0 aromatic heterocycles. The molecule has 7 nitrogen and oxygen atoms in total. The monoisotopic (exact) mass is 288 g/mol. The Kier molecular flexibility index (Phi) is 3.79. The first-order valence-corrected chi connectivity index (χ1v) is 6.52. The first-order valence-electron chi connectivity index (χ1n) is 6.52. The molecule has 1 aliphatic heterocycles. The maximum Gasteiger partial charge on any atom is 0.341 e. The molecular weight excluding hydrogens is 268 g/mol. The molecule has 0 unspecified atom stereocenters. The van der Waals surface area contributed by atoms with Crippen LogP contribution in [0.3, 0.4) is 0 Å². The fraction of sp³-hybridized carbons (Fsp3) is 0.846. The van der Waals surface area contributed by atoms with Crippen LogP contribution in [0, 0.1) is 23.7 Å². The number of hydrogen-bond donors (Lipinski definition) is 2. The van der Waals surface area contributed by atoms with Crippen LogP contribution < -0.4 is 0 Å². The van der Waals surface area contributed by atoms with Crippen LogP contribution in [-0.4, -0.2) is 54.4 Å². The number of aliphatic hydroxyl groups excluding tert-OH is 1. The Bertz CT molecular complexity index is 421. The Morgan fingerprint density at radius 3 is 2.45 bits per heavy atom. The summed E-state index contributed by atoms with van der Waals surface area (Å²) in [6.45, 7) is 3.61. The van der Waals surface area contributed by atoms with E-state index in [9.17, 15) is 19.8 Å². The van der Waals surface area contributed by atoms with Crippen LogP contribution in [0.4, 0.5) is 0 Å². The lowest BCUT2D eigenvalue weighted by atomic mass is 9.83. The minimum atomic E-state index is -2.21. The fourth-order valence-electron chi connectivity index (χ4n) is 3.54. The van der Waals surface area contributed by atoms with Gasteiger partial charge in [-0.3, -0.25) is 4.79 Å². The average molecular weight is 288 g/mol. The number of fused-ring (bicyclic) bond motifs is 1. The van der Waals surface area contributed by atoms with Crippen molar-refractivity contribution in [2.24, 2.45) is 23.7 Å². The standard InChI is InChI=1S/C13H20O7/c1-5(2)6-7-8(11(18-3)20-10(7)15)13(17,9(6)14)12(16)19-4/h5-9,11,14,17H,1-4H3/t6-,7+,8-,9-,11-,13+/m1/s1. The highest BCUT2D eigenvalue weighted by molar-refractivity contribution is 5.86. The van der Waals surface area contributed by atoms with E-state index in [-0.39, 0.29) is 5.92 Å². The van der Waals surface area contributed by atoms with E-state index in [0.717, 1.165) is 7.11 Å². The molecule has 2 aliphatic rings. The minimum absolute atomic E-state index is 0.126. The van der Waals surface area contributed by atoms with E-state index in [2.05, 4.69) is 4.74 Å². The van der Waals surface area contributed by atoms with Crippen molar-refractivity contribution in [2.45, 2.75) is 31.8 Å². The summed E-state index contributed by atoms with van der Waals surface area (Å²) in [5, 5.41) is 21.1. The largest absolute Gasteiger partial charge is 0.467 e. The van der Waals surface area contributed by atoms with Crippen molar-refractivity contribution in [2.75, 3.05) is 14.2 Å². The van der Waals surface area contributed by atoms with Crippen LogP contribution in [0.15, 0.2) is 0 Å². The third-order valence-electron chi connectivity index (χ3n) is 4.44. The number of rotatable bonds is 3. The summed E-state index contributed by atoms with van der Waals surface area (Å²) in [7, 11) is 2.43. The molecule has 1 saturated heterocycles. The molecule has 1 heterocycles. The first kappa shape index (κ1) is 15.2. The lowest BCUT2D eigenvalue weighted by Gasteiger charge is -2.32. The molecule has 0 bridgehead atoms. The Morgan fingerprint density at radius 2 is 2.00 bits per heavy atom. The van der Waals surface area contributed by atoms with Gasteiger partial charge < -0.3 is 24.4 Å². The zero-order valence-electron chi connectivity index (χ0n) is 11.9. The quantitative estimate of drug-likeness (QED) is 0.662. The second-order valence-electron chi connectivity index (χ2n) is 5.68. The van der Waals surface area contributed by atoms with Crippen molar-refractivity contribution in [3.63, 3.8) is 0 Å². The van der Waals surface area contributed by atoms with Crippen LogP contribution in [-0.2, 0) is 23.8 Å². The highest BCUT2D eigenvalue weighted by Gasteiger charge is 2.72. The summed E-state index contributed by atoms with van der Waals surface area (Å²) in [4.78, 5) is 24.0. The van der Waals surface area contributed by atoms with Gasteiger partial charge in [-0.2, -0.15) is 0 Å². The number of carbonyl (C=O) groups is 2. The van der Waals surface area contributed by atoms with Crippen molar-refractivity contribution in [3.05, 3.63) is 0 Å². The molecule has 2 rings (SSSR count). The summed E-state index contributed by atoms with van der Waals surface area (Å²) >= 11 is 0. The predicted octanol–water partition coefficient (Wildman–Crippen LogP) is -0.701. The summed E-state index contributed by atoms with van der Waals surface area (Å²) in [6.07, 6.45) is -2.48. The molecule has 1 aliphatic carbocycles. The van der Waals surface area contributed by atoms with Crippen molar-refractivity contribution < 1.29 is 34.0 Å². The van der Waals surface area contributed by atoms with Crippen LogP contribution >= 0.6 is 0 Å². The van der Waals surface area contributed by atoms with Crippen LogP contribution in [0.2, 0.25) is 0 Å². The molecule has 0 amide bonds. The van der Waals surface area contributed by atoms with Gasteiger partial charge in [0, 0.05) is 13.0 Å². The van der Waals surface area contributed by atoms with E-state index < -0.39 is 47.7 Å². The van der Waals surface area contributed by atoms with Gasteiger partial charge in [0.1, 0.15) is 0 Å². The number of carbonyl (C=O) groups excluding carboxylic acids is 2. The van der Waals surface area contributed by atoms with Crippen LogP contribution in [0.5, 0.6) is 0 Å². The van der Waals surface area contributed by atoms with E-state index in [1.54, 1.807) is 13.8 Å². The zero-order valence-corrected chi connectivity index (χ0v) is 11.9. The Morgan fingerprint density at radius 1 is 1.40 bits per heavy atom. The van der Waals surface area contributed by atoms with Gasteiger partial charge in [-0.1, -0.05) is 13.8 Å². The number of aliphatic hydroxyl groups is 2. The van der Waals surface area contributed by atoms with Gasteiger partial charge in [-0.25, -0.2) is 4.79 Å². The second kappa shape index (κ2) is 4.98. The van der Waals surface area contributed by atoms with E-state index in [4.69, 9.17) is 9.47 Å². The molecule has 114 valence electrons. The fourth-order valence-corrected chi connectivity index (χ4v) is 3.54. The van der Waals surface area contributed by atoms with Crippen LogP contribution in [0.1, 0.15) is 13.8 Å². The highest BCUT2D eigenvalue weighted by Crippen LogP contribution is 2.54. The number of hydrogen-bond acceptors (Lipinski definition) is 7. The molecule has 2 fully saturated rings. The Balaban J connectivity index is 2.52. The number of ether oxygens (including phenoxy) is 3. The third kappa shape index (κ3) is 1.77. The van der Waals surface area contributed by atoms with E-state index >= 15 is 0 Å². The minimum Gasteiger partial charge on any atom is -0.467 e. The van der Waals surface area contributed by atoms with Crippen molar-refractivity contribution in [1.82, 2.24) is 0 Å². The van der Waals surface area contributed by atoms with Gasteiger partial charge in [0.2, 0.25) is 6.29 Å². The zero-order chi connectivity index (χ0) is 15.2. The molecule has 7 heteroatoms. The lowest BCUT2D eigenvalue weighted by Crippen LogP contribution is -2.55. The third-order valence-corrected chi connectivity index (χ3v) is 4.44. The maximum atomic E-state index is 12.0. The second-order valence-corrected chi connectivity index (χ2v) is 5.68. The average Bonchev–Trinajstić information content (AvgIpc) is 2.85. The topological polar surface area (TPSA) is 102 Å². The number of cyclic esters (lactones) is 1.